The molecule has 112 valence electrons. The van der Waals surface area contributed by atoms with E-state index in [1.54, 1.807) is 0 Å². The maximum Gasteiger partial charge on any atom is 0.115 e. The Bertz CT molecular complexity index is 816. The van der Waals surface area contributed by atoms with Gasteiger partial charge in [-0.15, -0.1) is 0 Å². The van der Waals surface area contributed by atoms with E-state index in [1.807, 2.05) is 84.9 Å². The first-order valence-electron chi connectivity index (χ1n) is 7.45. The van der Waals surface area contributed by atoms with Gasteiger partial charge in [-0.1, -0.05) is 78.0 Å². The van der Waals surface area contributed by atoms with Crippen molar-refractivity contribution in [3.05, 3.63) is 101 Å². The van der Waals surface area contributed by atoms with Crippen LogP contribution in [0.2, 0.25) is 5.02 Å². The monoisotopic (exact) mass is 317 g/mol. The van der Waals surface area contributed by atoms with E-state index in [4.69, 9.17) is 11.6 Å². The molecular formula is C21H16ClN. The van der Waals surface area contributed by atoms with Crippen LogP contribution in [0.1, 0.15) is 17.2 Å². The molecule has 0 radical (unpaired) electrons. The van der Waals surface area contributed by atoms with Crippen LogP contribution in [0.4, 0.5) is 5.69 Å². The predicted octanol–water partition coefficient (Wildman–Crippen LogP) is 5.54. The molecule has 0 aromatic heterocycles. The molecule has 0 aliphatic rings. The molecule has 1 atom stereocenters. The Morgan fingerprint density at radius 2 is 1.35 bits per heavy atom. The molecular weight excluding hydrogens is 302 g/mol. The number of halogens is 1. The van der Waals surface area contributed by atoms with E-state index in [0.29, 0.717) is 5.02 Å². The Kier molecular flexibility index (Phi) is 4.99. The van der Waals surface area contributed by atoms with E-state index in [-0.39, 0.29) is 6.04 Å². The summed E-state index contributed by atoms with van der Waals surface area (Å²) in [5.41, 5.74) is 2.97. The second kappa shape index (κ2) is 7.54. The lowest BCUT2D eigenvalue weighted by Gasteiger charge is -2.16. The molecule has 0 spiro atoms. The normalized spacial score (nSPS) is 11.2. The molecule has 23 heavy (non-hydrogen) atoms. The fraction of sp³-hybridized carbons (Fsp3) is 0.0476. The largest absolute Gasteiger partial charge is 0.368 e. The van der Waals surface area contributed by atoms with Crippen molar-refractivity contribution >= 4 is 17.3 Å². The fourth-order valence-corrected chi connectivity index (χ4v) is 2.52. The van der Waals surface area contributed by atoms with Crippen molar-refractivity contribution in [3.63, 3.8) is 0 Å². The van der Waals surface area contributed by atoms with Crippen LogP contribution in [-0.4, -0.2) is 0 Å². The van der Waals surface area contributed by atoms with Crippen LogP contribution in [0.3, 0.4) is 0 Å². The molecule has 0 bridgehead atoms. The lowest BCUT2D eigenvalue weighted by Crippen LogP contribution is -2.09. The van der Waals surface area contributed by atoms with Crippen LogP contribution in [0.5, 0.6) is 0 Å². The van der Waals surface area contributed by atoms with E-state index in [9.17, 15) is 0 Å². The second-order valence-electron chi connectivity index (χ2n) is 5.10. The smallest absolute Gasteiger partial charge is 0.115 e. The highest BCUT2D eigenvalue weighted by Gasteiger charge is 2.11. The third kappa shape index (κ3) is 4.16. The van der Waals surface area contributed by atoms with Gasteiger partial charge in [0.25, 0.3) is 0 Å². The minimum atomic E-state index is -0.175. The molecule has 0 heterocycles. The van der Waals surface area contributed by atoms with Crippen molar-refractivity contribution in [1.29, 1.82) is 0 Å². The molecule has 0 amide bonds. The van der Waals surface area contributed by atoms with E-state index in [0.717, 1.165) is 16.8 Å². The SMILES string of the molecule is Clc1ccccc1[C@H](C#Cc1ccccc1)Nc1ccccc1. The molecule has 3 rings (SSSR count). The van der Waals surface area contributed by atoms with Gasteiger partial charge in [0.1, 0.15) is 6.04 Å². The summed E-state index contributed by atoms with van der Waals surface area (Å²) in [6.45, 7) is 0. The van der Waals surface area contributed by atoms with Crippen LogP contribution in [0, 0.1) is 11.8 Å². The Morgan fingerprint density at radius 1 is 0.739 bits per heavy atom. The molecule has 0 saturated carbocycles. The van der Waals surface area contributed by atoms with Crippen molar-refractivity contribution < 1.29 is 0 Å². The van der Waals surface area contributed by atoms with Crippen molar-refractivity contribution in [2.75, 3.05) is 5.32 Å². The standard InChI is InChI=1S/C21H16ClN/c22-20-14-8-7-13-19(20)21(23-18-11-5-2-6-12-18)16-15-17-9-3-1-4-10-17/h1-14,21,23H/t21-/m0/s1. The quantitative estimate of drug-likeness (QED) is 0.625. The number of hydrogen-bond acceptors (Lipinski definition) is 1. The molecule has 0 unspecified atom stereocenters. The van der Waals surface area contributed by atoms with Crippen LogP contribution in [-0.2, 0) is 0 Å². The van der Waals surface area contributed by atoms with Crippen molar-refractivity contribution in [1.82, 2.24) is 0 Å². The van der Waals surface area contributed by atoms with Crippen molar-refractivity contribution in [2.45, 2.75) is 6.04 Å². The Labute approximate surface area is 141 Å². The maximum absolute atomic E-state index is 6.36. The van der Waals surface area contributed by atoms with Crippen molar-refractivity contribution in [2.24, 2.45) is 0 Å². The third-order valence-corrected chi connectivity index (χ3v) is 3.78. The van der Waals surface area contributed by atoms with Gasteiger partial charge in [0, 0.05) is 21.8 Å². The number of nitrogens with one attached hydrogen (secondary N) is 1. The Hall–Kier alpha value is -2.69. The predicted molar refractivity (Wildman–Crippen MR) is 97.6 cm³/mol. The molecule has 0 aliphatic carbocycles. The number of rotatable bonds is 3. The maximum atomic E-state index is 6.36. The minimum Gasteiger partial charge on any atom is -0.368 e. The first-order chi connectivity index (χ1) is 11.3. The first kappa shape index (κ1) is 15.2. The summed E-state index contributed by atoms with van der Waals surface area (Å²) < 4.78 is 0. The summed E-state index contributed by atoms with van der Waals surface area (Å²) in [7, 11) is 0. The number of anilines is 1. The number of benzene rings is 3. The van der Waals surface area contributed by atoms with Gasteiger partial charge in [0.2, 0.25) is 0 Å². The Morgan fingerprint density at radius 3 is 2.04 bits per heavy atom. The van der Waals surface area contributed by atoms with Crippen LogP contribution in [0.25, 0.3) is 0 Å². The molecule has 0 saturated heterocycles. The summed E-state index contributed by atoms with van der Waals surface area (Å²) >= 11 is 6.36. The van der Waals surface area contributed by atoms with Crippen LogP contribution < -0.4 is 5.32 Å². The van der Waals surface area contributed by atoms with Gasteiger partial charge in [0.15, 0.2) is 0 Å². The summed E-state index contributed by atoms with van der Waals surface area (Å²) in [6, 6.07) is 27.6. The van der Waals surface area contributed by atoms with Gasteiger partial charge in [0.05, 0.1) is 0 Å². The van der Waals surface area contributed by atoms with Gasteiger partial charge < -0.3 is 5.32 Å². The van der Waals surface area contributed by atoms with Gasteiger partial charge in [-0.05, 0) is 30.3 Å². The molecule has 3 aromatic rings. The first-order valence-corrected chi connectivity index (χ1v) is 7.83. The highest BCUT2D eigenvalue weighted by molar-refractivity contribution is 6.31. The van der Waals surface area contributed by atoms with E-state index >= 15 is 0 Å². The topological polar surface area (TPSA) is 12.0 Å². The average Bonchev–Trinajstić information content (AvgIpc) is 2.61. The molecule has 1 N–H and O–H groups in total. The summed E-state index contributed by atoms with van der Waals surface area (Å²) in [4.78, 5) is 0. The van der Waals surface area contributed by atoms with Gasteiger partial charge in [-0.2, -0.15) is 0 Å². The molecule has 1 nitrogen and oxygen atoms in total. The van der Waals surface area contributed by atoms with Crippen molar-refractivity contribution in [3.8, 4) is 11.8 Å². The zero-order valence-electron chi connectivity index (χ0n) is 12.5. The van der Waals surface area contributed by atoms with E-state index < -0.39 is 0 Å². The zero-order valence-corrected chi connectivity index (χ0v) is 13.3. The number of para-hydroxylation sites is 1. The van der Waals surface area contributed by atoms with E-state index in [2.05, 4.69) is 17.2 Å². The van der Waals surface area contributed by atoms with Gasteiger partial charge >= 0.3 is 0 Å². The second-order valence-corrected chi connectivity index (χ2v) is 5.51. The molecule has 3 aromatic carbocycles. The summed E-state index contributed by atoms with van der Waals surface area (Å²) in [6.07, 6.45) is 0. The van der Waals surface area contributed by atoms with Gasteiger partial charge in [-0.25, -0.2) is 0 Å². The number of hydrogen-bond donors (Lipinski definition) is 1. The molecule has 2 heteroatoms. The molecule has 0 aliphatic heterocycles. The lowest BCUT2D eigenvalue weighted by molar-refractivity contribution is 1.02. The Balaban J connectivity index is 1.94. The van der Waals surface area contributed by atoms with Crippen LogP contribution >= 0.6 is 11.6 Å². The minimum absolute atomic E-state index is 0.175. The highest BCUT2D eigenvalue weighted by atomic mass is 35.5. The van der Waals surface area contributed by atoms with E-state index in [1.165, 1.54) is 0 Å². The summed E-state index contributed by atoms with van der Waals surface area (Å²) in [5, 5.41) is 4.16. The van der Waals surface area contributed by atoms with Crippen LogP contribution in [0.15, 0.2) is 84.9 Å². The summed E-state index contributed by atoms with van der Waals surface area (Å²) in [5.74, 6) is 6.52. The fourth-order valence-electron chi connectivity index (χ4n) is 2.28. The zero-order chi connectivity index (χ0) is 15.9. The molecule has 0 fully saturated rings. The third-order valence-electron chi connectivity index (χ3n) is 3.44. The highest BCUT2D eigenvalue weighted by Crippen LogP contribution is 2.25. The average molecular weight is 318 g/mol. The van der Waals surface area contributed by atoms with Gasteiger partial charge in [-0.3, -0.25) is 0 Å². The lowest BCUT2D eigenvalue weighted by atomic mass is 10.1.